The molecule has 2 aromatic carbocycles. The first-order chi connectivity index (χ1) is 19.7. The van der Waals surface area contributed by atoms with Crippen LogP contribution in [0.15, 0.2) is 42.5 Å². The van der Waals surface area contributed by atoms with Crippen molar-refractivity contribution in [3.63, 3.8) is 0 Å². The smallest absolute Gasteiger partial charge is 0.264 e. The number of carbonyl (C=O) groups is 1. The molecule has 0 saturated heterocycles. The average Bonchev–Trinajstić information content (AvgIpc) is 3.24. The molecule has 0 radical (unpaired) electrons. The van der Waals surface area contributed by atoms with E-state index in [0.29, 0.717) is 32.5 Å². The quantitative estimate of drug-likeness (QED) is 0.458. The molecule has 0 spiro atoms. The van der Waals surface area contributed by atoms with Crippen molar-refractivity contribution in [3.8, 4) is 17.0 Å². The van der Waals surface area contributed by atoms with E-state index in [1.165, 1.54) is 0 Å². The van der Waals surface area contributed by atoms with Crippen molar-refractivity contribution in [2.75, 3.05) is 46.1 Å². The Hall–Kier alpha value is -2.95. The molecule has 1 aromatic heterocycles. The number of sulfonamides is 1. The molecule has 1 saturated carbocycles. The van der Waals surface area contributed by atoms with Gasteiger partial charge in [0.2, 0.25) is 10.0 Å². The predicted octanol–water partition coefficient (Wildman–Crippen LogP) is 4.39. The lowest BCUT2D eigenvalue weighted by molar-refractivity contribution is 0.0981. The Morgan fingerprint density at radius 2 is 1.80 bits per heavy atom. The normalized spacial score (nSPS) is 26.2. The summed E-state index contributed by atoms with van der Waals surface area (Å²) in [6, 6.07) is 13.3. The maximum absolute atomic E-state index is 15.7. The summed E-state index contributed by atoms with van der Waals surface area (Å²) in [6.45, 7) is 3.21. The van der Waals surface area contributed by atoms with Gasteiger partial charge in [-0.25, -0.2) is 17.5 Å². The third kappa shape index (κ3) is 5.61. The van der Waals surface area contributed by atoms with Crippen molar-refractivity contribution in [3.05, 3.63) is 53.6 Å². The number of nitrogens with one attached hydrogen (secondary N) is 1. The highest BCUT2D eigenvalue weighted by molar-refractivity contribution is 7.90. The van der Waals surface area contributed by atoms with E-state index in [1.54, 1.807) is 12.1 Å². The molecular formula is C31H39FN4O4S. The fourth-order valence-corrected chi connectivity index (χ4v) is 7.70. The van der Waals surface area contributed by atoms with E-state index < -0.39 is 22.1 Å². The largest absolute Gasteiger partial charge is 0.491 e. The number of fused-ring (bicyclic) bond motifs is 4. The van der Waals surface area contributed by atoms with Crippen molar-refractivity contribution in [1.29, 1.82) is 0 Å². The minimum Gasteiger partial charge on any atom is -0.491 e. The number of likely N-dealkylation sites (N-methyl/N-ethyl adjacent to an activating group) is 2. The molecule has 3 atom stereocenters. The first-order valence-corrected chi connectivity index (χ1v) is 16.3. The molecule has 41 heavy (non-hydrogen) atoms. The van der Waals surface area contributed by atoms with Crippen molar-refractivity contribution >= 4 is 26.8 Å². The third-order valence-electron chi connectivity index (χ3n) is 9.04. The number of alkyl halides is 1. The van der Waals surface area contributed by atoms with Crippen molar-refractivity contribution in [1.82, 2.24) is 19.1 Å². The number of para-hydroxylation sites is 1. The lowest BCUT2D eigenvalue weighted by atomic mass is 9.80. The molecule has 4 bridgehead atoms. The summed E-state index contributed by atoms with van der Waals surface area (Å²) in [6.07, 6.45) is 2.60. The molecule has 6 rings (SSSR count). The topological polar surface area (TPSA) is 83.9 Å². The number of amides is 1. The van der Waals surface area contributed by atoms with Gasteiger partial charge in [0.05, 0.1) is 17.5 Å². The van der Waals surface area contributed by atoms with Gasteiger partial charge in [-0.1, -0.05) is 31.0 Å². The van der Waals surface area contributed by atoms with Gasteiger partial charge in [-0.3, -0.25) is 9.69 Å². The number of nitrogens with zero attached hydrogens (tertiary/aromatic N) is 3. The summed E-state index contributed by atoms with van der Waals surface area (Å²) in [5.41, 5.74) is 3.90. The summed E-state index contributed by atoms with van der Waals surface area (Å²) < 4.78 is 52.2. The minimum atomic E-state index is -3.79. The van der Waals surface area contributed by atoms with Crippen LogP contribution in [0.3, 0.4) is 0 Å². The fourth-order valence-electron chi connectivity index (χ4n) is 6.69. The maximum atomic E-state index is 15.7. The van der Waals surface area contributed by atoms with Gasteiger partial charge in [0.25, 0.3) is 5.91 Å². The molecule has 220 valence electrons. The Bertz CT molecular complexity index is 1550. The van der Waals surface area contributed by atoms with Crippen LogP contribution < -0.4 is 9.46 Å². The van der Waals surface area contributed by atoms with Gasteiger partial charge in [0, 0.05) is 47.6 Å². The zero-order chi connectivity index (χ0) is 28.7. The van der Waals surface area contributed by atoms with Crippen LogP contribution in [0.4, 0.5) is 4.39 Å². The van der Waals surface area contributed by atoms with Crippen LogP contribution in [0.5, 0.6) is 5.75 Å². The number of aromatic nitrogens is 1. The molecule has 1 fully saturated rings. The second kappa shape index (κ2) is 11.4. The summed E-state index contributed by atoms with van der Waals surface area (Å²) in [5, 5.41) is 0.910. The number of hydrogen-bond donors (Lipinski definition) is 1. The highest BCUT2D eigenvalue weighted by atomic mass is 32.2. The summed E-state index contributed by atoms with van der Waals surface area (Å²) >= 11 is 0. The second-order valence-electron chi connectivity index (χ2n) is 11.9. The molecule has 1 unspecified atom stereocenters. The second-order valence-corrected chi connectivity index (χ2v) is 13.7. The van der Waals surface area contributed by atoms with Gasteiger partial charge in [-0.2, -0.15) is 0 Å². The summed E-state index contributed by atoms with van der Waals surface area (Å²) in [5.74, 6) is -0.279. The van der Waals surface area contributed by atoms with Gasteiger partial charge >= 0.3 is 0 Å². The van der Waals surface area contributed by atoms with Crippen molar-refractivity contribution in [2.24, 2.45) is 0 Å². The first-order valence-electron chi connectivity index (χ1n) is 14.7. The number of benzene rings is 2. The number of carbonyl (C=O) groups excluding carboxylic acids is 1. The minimum absolute atomic E-state index is 0.0252. The number of ether oxygens (including phenoxy) is 1. The molecule has 10 heteroatoms. The van der Waals surface area contributed by atoms with Crippen LogP contribution in [0, 0.1) is 0 Å². The van der Waals surface area contributed by atoms with Gasteiger partial charge in [0.15, 0.2) is 0 Å². The Morgan fingerprint density at radius 3 is 2.63 bits per heavy atom. The predicted molar refractivity (Wildman–Crippen MR) is 159 cm³/mol. The van der Waals surface area contributed by atoms with E-state index in [0.717, 1.165) is 65.8 Å². The van der Waals surface area contributed by atoms with E-state index in [-0.39, 0.29) is 23.3 Å². The van der Waals surface area contributed by atoms with E-state index in [1.807, 2.05) is 37.4 Å². The SMILES string of the molecule is CN1CCCS(=O)(=O)NC(=O)c2ccc3c(C4CCCC[C@@H]4F)c4n(c3c2)C[C@H](COc2ccccc2-4)N(C)CC1. The molecule has 1 N–H and O–H groups in total. The molecule has 1 aliphatic carbocycles. The van der Waals surface area contributed by atoms with Crippen LogP contribution in [-0.4, -0.2) is 87.0 Å². The zero-order valence-electron chi connectivity index (χ0n) is 23.8. The monoisotopic (exact) mass is 582 g/mol. The van der Waals surface area contributed by atoms with Crippen LogP contribution in [-0.2, 0) is 16.6 Å². The van der Waals surface area contributed by atoms with Crippen molar-refractivity contribution in [2.45, 2.75) is 56.8 Å². The highest BCUT2D eigenvalue weighted by Crippen LogP contribution is 2.47. The maximum Gasteiger partial charge on any atom is 0.264 e. The van der Waals surface area contributed by atoms with E-state index >= 15 is 4.39 Å². The Kier molecular flexibility index (Phi) is 7.82. The number of rotatable bonds is 1. The van der Waals surface area contributed by atoms with Crippen LogP contribution in [0.1, 0.15) is 53.9 Å². The molecule has 3 heterocycles. The Labute approximate surface area is 241 Å². The van der Waals surface area contributed by atoms with E-state index in [4.69, 9.17) is 4.74 Å². The average molecular weight is 583 g/mol. The molecular weight excluding hydrogens is 543 g/mol. The first kappa shape index (κ1) is 28.2. The molecule has 3 aliphatic rings. The molecule has 3 aromatic rings. The van der Waals surface area contributed by atoms with Crippen LogP contribution in [0.2, 0.25) is 0 Å². The van der Waals surface area contributed by atoms with Gasteiger partial charge in [-0.15, -0.1) is 0 Å². The van der Waals surface area contributed by atoms with Crippen molar-refractivity contribution < 1.29 is 22.3 Å². The Morgan fingerprint density at radius 1 is 1.00 bits per heavy atom. The summed E-state index contributed by atoms with van der Waals surface area (Å²) in [4.78, 5) is 17.6. The van der Waals surface area contributed by atoms with Gasteiger partial charge in [0.1, 0.15) is 18.5 Å². The van der Waals surface area contributed by atoms with Gasteiger partial charge < -0.3 is 14.2 Å². The molecule has 8 nitrogen and oxygen atoms in total. The van der Waals surface area contributed by atoms with E-state index in [9.17, 15) is 13.2 Å². The zero-order valence-corrected chi connectivity index (χ0v) is 24.6. The Balaban J connectivity index is 1.59. The third-order valence-corrected chi connectivity index (χ3v) is 10.4. The highest BCUT2D eigenvalue weighted by Gasteiger charge is 2.35. The van der Waals surface area contributed by atoms with Crippen LogP contribution in [0.25, 0.3) is 22.2 Å². The fraction of sp³-hybridized carbons (Fsp3) is 0.516. The van der Waals surface area contributed by atoms with E-state index in [2.05, 4.69) is 26.1 Å². The summed E-state index contributed by atoms with van der Waals surface area (Å²) in [7, 11) is 0.281. The number of hydrogen-bond acceptors (Lipinski definition) is 6. The lowest BCUT2D eigenvalue weighted by Crippen LogP contribution is -2.44. The van der Waals surface area contributed by atoms with Crippen LogP contribution >= 0.6 is 0 Å². The lowest BCUT2D eigenvalue weighted by Gasteiger charge is -2.33. The molecule has 2 aliphatic heterocycles. The number of halogens is 1. The standard InChI is InChI=1S/C31H39FN4O4S/c1-34-14-7-17-41(38,39)33-31(37)21-12-13-24-27(18-21)36-19-22(35(2)16-15-34)20-40-28-11-6-4-9-25(28)30(36)29(24)23-8-3-5-10-26(23)32/h4,6,9,11-13,18,22-23,26H,3,5,7-8,10,14-17,19-20H2,1-2H3,(H,33,37)/t22-,23?,26+/m1/s1. The molecule has 1 amide bonds. The van der Waals surface area contributed by atoms with Gasteiger partial charge in [-0.05, 0) is 69.7 Å².